The fourth-order valence-corrected chi connectivity index (χ4v) is 1.80. The van der Waals surface area contributed by atoms with Crippen molar-refractivity contribution in [3.63, 3.8) is 0 Å². The predicted octanol–water partition coefficient (Wildman–Crippen LogP) is 0.838. The molecule has 0 spiro atoms. The standard InChI is InChI=1S/C11H15NO3/c1-14-7-2-3-11-9(4-7)10(12)5-8(6-13)15-11/h2-4,8,10,13H,5-6,12H2,1H3. The predicted molar refractivity (Wildman–Crippen MR) is 56.0 cm³/mol. The number of hydrogen-bond donors (Lipinski definition) is 2. The number of methoxy groups -OCH3 is 1. The summed E-state index contributed by atoms with van der Waals surface area (Å²) in [7, 11) is 1.62. The van der Waals surface area contributed by atoms with Crippen molar-refractivity contribution in [2.24, 2.45) is 5.73 Å². The molecule has 15 heavy (non-hydrogen) atoms. The fourth-order valence-electron chi connectivity index (χ4n) is 1.80. The first-order valence-electron chi connectivity index (χ1n) is 4.95. The van der Waals surface area contributed by atoms with Crippen LogP contribution in [0.25, 0.3) is 0 Å². The van der Waals surface area contributed by atoms with E-state index in [0.717, 1.165) is 17.1 Å². The molecule has 82 valence electrons. The number of benzene rings is 1. The van der Waals surface area contributed by atoms with Crippen molar-refractivity contribution in [1.82, 2.24) is 0 Å². The van der Waals surface area contributed by atoms with Gasteiger partial charge in [-0.2, -0.15) is 0 Å². The van der Waals surface area contributed by atoms with Gasteiger partial charge in [0, 0.05) is 18.0 Å². The summed E-state index contributed by atoms with van der Waals surface area (Å²) in [6.07, 6.45) is 0.442. The van der Waals surface area contributed by atoms with Gasteiger partial charge in [-0.1, -0.05) is 0 Å². The van der Waals surface area contributed by atoms with E-state index in [2.05, 4.69) is 0 Å². The van der Waals surface area contributed by atoms with Gasteiger partial charge in [0.1, 0.15) is 17.6 Å². The van der Waals surface area contributed by atoms with Gasteiger partial charge in [0.15, 0.2) is 0 Å². The van der Waals surface area contributed by atoms with E-state index in [1.54, 1.807) is 7.11 Å². The lowest BCUT2D eigenvalue weighted by Crippen LogP contribution is -2.32. The quantitative estimate of drug-likeness (QED) is 0.757. The minimum atomic E-state index is -0.194. The van der Waals surface area contributed by atoms with Crippen LogP contribution in [0, 0.1) is 0 Å². The number of rotatable bonds is 2. The monoisotopic (exact) mass is 209 g/mol. The van der Waals surface area contributed by atoms with Gasteiger partial charge in [0.05, 0.1) is 13.7 Å². The van der Waals surface area contributed by atoms with Crippen LogP contribution < -0.4 is 15.2 Å². The first kappa shape index (κ1) is 10.3. The molecule has 1 aromatic rings. The Bertz CT molecular complexity index is 354. The highest BCUT2D eigenvalue weighted by molar-refractivity contribution is 5.43. The summed E-state index contributed by atoms with van der Waals surface area (Å²) in [5.41, 5.74) is 6.93. The molecule has 0 aromatic heterocycles. The van der Waals surface area contributed by atoms with E-state index in [-0.39, 0.29) is 18.8 Å². The summed E-state index contributed by atoms with van der Waals surface area (Å²) in [5.74, 6) is 1.52. The van der Waals surface area contributed by atoms with Crippen molar-refractivity contribution >= 4 is 0 Å². The Morgan fingerprint density at radius 3 is 3.07 bits per heavy atom. The Labute approximate surface area is 88.6 Å². The number of aliphatic hydroxyl groups is 1. The third kappa shape index (κ3) is 1.91. The second-order valence-electron chi connectivity index (χ2n) is 3.67. The van der Waals surface area contributed by atoms with Crippen LogP contribution in [-0.2, 0) is 0 Å². The first-order valence-corrected chi connectivity index (χ1v) is 4.95. The van der Waals surface area contributed by atoms with Crippen molar-refractivity contribution < 1.29 is 14.6 Å². The van der Waals surface area contributed by atoms with Crippen LogP contribution in [0.15, 0.2) is 18.2 Å². The van der Waals surface area contributed by atoms with Gasteiger partial charge in [-0.3, -0.25) is 0 Å². The highest BCUT2D eigenvalue weighted by atomic mass is 16.5. The van der Waals surface area contributed by atoms with Crippen molar-refractivity contribution in [2.45, 2.75) is 18.6 Å². The third-order valence-corrected chi connectivity index (χ3v) is 2.63. The normalized spacial score (nSPS) is 24.2. The molecule has 0 bridgehead atoms. The Kier molecular flexibility index (Phi) is 2.79. The van der Waals surface area contributed by atoms with E-state index >= 15 is 0 Å². The Morgan fingerprint density at radius 2 is 2.40 bits per heavy atom. The van der Waals surface area contributed by atoms with Crippen LogP contribution in [0.3, 0.4) is 0 Å². The number of hydrogen-bond acceptors (Lipinski definition) is 4. The summed E-state index contributed by atoms with van der Waals surface area (Å²) in [5, 5.41) is 9.03. The molecule has 0 saturated carbocycles. The summed E-state index contributed by atoms with van der Waals surface area (Å²) >= 11 is 0. The topological polar surface area (TPSA) is 64.7 Å². The zero-order valence-electron chi connectivity index (χ0n) is 8.64. The molecule has 2 atom stereocenters. The molecule has 0 saturated heterocycles. The molecule has 0 amide bonds. The molecule has 1 aliphatic rings. The number of aliphatic hydroxyl groups excluding tert-OH is 1. The maximum absolute atomic E-state index is 9.03. The SMILES string of the molecule is COc1ccc2c(c1)C(N)CC(CO)O2. The van der Waals surface area contributed by atoms with Gasteiger partial charge >= 0.3 is 0 Å². The number of fused-ring (bicyclic) bond motifs is 1. The molecule has 4 heteroatoms. The largest absolute Gasteiger partial charge is 0.497 e. The molecule has 2 rings (SSSR count). The number of ether oxygens (including phenoxy) is 2. The third-order valence-electron chi connectivity index (χ3n) is 2.63. The van der Waals surface area contributed by atoms with Gasteiger partial charge in [-0.05, 0) is 18.2 Å². The highest BCUT2D eigenvalue weighted by Gasteiger charge is 2.25. The van der Waals surface area contributed by atoms with Crippen molar-refractivity contribution in [1.29, 1.82) is 0 Å². The Balaban J connectivity index is 2.32. The number of nitrogens with two attached hydrogens (primary N) is 1. The van der Waals surface area contributed by atoms with Crippen LogP contribution in [0.2, 0.25) is 0 Å². The van der Waals surface area contributed by atoms with Gasteiger partial charge in [0.2, 0.25) is 0 Å². The molecule has 0 radical (unpaired) electrons. The second kappa shape index (κ2) is 4.08. The van der Waals surface area contributed by atoms with Gasteiger partial charge in [-0.25, -0.2) is 0 Å². The van der Waals surface area contributed by atoms with Crippen LogP contribution in [0.5, 0.6) is 11.5 Å². The minimum absolute atomic E-state index is 0.000824. The molecule has 3 N–H and O–H groups in total. The molecule has 0 fully saturated rings. The van der Waals surface area contributed by atoms with Crippen molar-refractivity contribution in [3.05, 3.63) is 23.8 Å². The van der Waals surface area contributed by atoms with Crippen LogP contribution >= 0.6 is 0 Å². The van der Waals surface area contributed by atoms with Gasteiger partial charge in [0.25, 0.3) is 0 Å². The Morgan fingerprint density at radius 1 is 1.60 bits per heavy atom. The van der Waals surface area contributed by atoms with Crippen molar-refractivity contribution in [2.75, 3.05) is 13.7 Å². The molecular weight excluding hydrogens is 194 g/mol. The van der Waals surface area contributed by atoms with E-state index < -0.39 is 0 Å². The fraction of sp³-hybridized carbons (Fsp3) is 0.455. The minimum Gasteiger partial charge on any atom is -0.497 e. The average molecular weight is 209 g/mol. The average Bonchev–Trinajstić information content (AvgIpc) is 2.28. The van der Waals surface area contributed by atoms with E-state index in [9.17, 15) is 0 Å². The maximum Gasteiger partial charge on any atom is 0.124 e. The molecule has 1 heterocycles. The highest BCUT2D eigenvalue weighted by Crippen LogP contribution is 2.35. The van der Waals surface area contributed by atoms with E-state index in [0.29, 0.717) is 6.42 Å². The molecule has 0 aliphatic carbocycles. The van der Waals surface area contributed by atoms with Crippen molar-refractivity contribution in [3.8, 4) is 11.5 Å². The van der Waals surface area contributed by atoms with E-state index in [4.69, 9.17) is 20.3 Å². The summed E-state index contributed by atoms with van der Waals surface area (Å²) in [6, 6.07) is 5.44. The summed E-state index contributed by atoms with van der Waals surface area (Å²) < 4.78 is 10.7. The second-order valence-corrected chi connectivity index (χ2v) is 3.67. The molecule has 4 nitrogen and oxygen atoms in total. The van der Waals surface area contributed by atoms with Crippen LogP contribution in [0.1, 0.15) is 18.0 Å². The van der Waals surface area contributed by atoms with E-state index in [1.165, 1.54) is 0 Å². The van der Waals surface area contributed by atoms with Gasteiger partial charge < -0.3 is 20.3 Å². The lowest BCUT2D eigenvalue weighted by atomic mass is 9.97. The maximum atomic E-state index is 9.03. The summed E-state index contributed by atoms with van der Waals surface area (Å²) in [4.78, 5) is 0. The zero-order chi connectivity index (χ0) is 10.8. The van der Waals surface area contributed by atoms with Crippen LogP contribution in [-0.4, -0.2) is 24.9 Å². The van der Waals surface area contributed by atoms with Crippen LogP contribution in [0.4, 0.5) is 0 Å². The first-order chi connectivity index (χ1) is 7.24. The smallest absolute Gasteiger partial charge is 0.124 e. The molecule has 1 aliphatic heterocycles. The zero-order valence-corrected chi connectivity index (χ0v) is 8.64. The lowest BCUT2D eigenvalue weighted by molar-refractivity contribution is 0.0887. The molecule has 2 unspecified atom stereocenters. The molecule has 1 aromatic carbocycles. The van der Waals surface area contributed by atoms with E-state index in [1.807, 2.05) is 18.2 Å². The Hall–Kier alpha value is -1.26. The van der Waals surface area contributed by atoms with Gasteiger partial charge in [-0.15, -0.1) is 0 Å². The lowest BCUT2D eigenvalue weighted by Gasteiger charge is -2.29. The summed E-state index contributed by atoms with van der Waals surface area (Å²) in [6.45, 7) is -0.000824. The molecular formula is C11H15NO3.